The van der Waals surface area contributed by atoms with E-state index in [9.17, 15) is 4.79 Å². The molecule has 5 nitrogen and oxygen atoms in total. The quantitative estimate of drug-likeness (QED) is 0.824. The molecule has 22 heavy (non-hydrogen) atoms. The van der Waals surface area contributed by atoms with Gasteiger partial charge in [0.15, 0.2) is 0 Å². The first kappa shape index (κ1) is 14.4. The molecule has 1 aliphatic carbocycles. The molecule has 1 fully saturated rings. The molecule has 1 heterocycles. The average molecular weight is 297 g/mol. The Hall–Kier alpha value is -2.56. The number of amides is 1. The maximum absolute atomic E-state index is 11.8. The highest BCUT2D eigenvalue weighted by Crippen LogP contribution is 2.24. The number of anilines is 2. The number of nitrogens with zero attached hydrogens (tertiary/aromatic N) is 1. The maximum atomic E-state index is 11.8. The number of carbonyl (C=O) groups is 1. The lowest BCUT2D eigenvalue weighted by Gasteiger charge is -2.08. The number of pyridine rings is 1. The molecule has 1 saturated carbocycles. The monoisotopic (exact) mass is 297 g/mol. The first-order chi connectivity index (χ1) is 10.8. The molecule has 114 valence electrons. The summed E-state index contributed by atoms with van der Waals surface area (Å²) in [5.41, 5.74) is 0.993. The number of nitrogens with one attached hydrogen (secondary N) is 2. The molecule has 0 bridgehead atoms. The van der Waals surface area contributed by atoms with Crippen LogP contribution in [-0.2, 0) is 4.79 Å². The highest BCUT2D eigenvalue weighted by atomic mass is 16.5. The number of aromatic nitrogens is 1. The van der Waals surface area contributed by atoms with Gasteiger partial charge in [-0.2, -0.15) is 0 Å². The van der Waals surface area contributed by atoms with E-state index in [1.165, 1.54) is 12.8 Å². The van der Waals surface area contributed by atoms with Crippen molar-refractivity contribution < 1.29 is 9.53 Å². The fourth-order valence-corrected chi connectivity index (χ4v) is 2.00. The highest BCUT2D eigenvalue weighted by molar-refractivity contribution is 5.89. The molecule has 1 amide bonds. The normalized spacial score (nSPS) is 13.5. The Morgan fingerprint density at radius 3 is 2.68 bits per heavy atom. The van der Waals surface area contributed by atoms with E-state index in [1.54, 1.807) is 12.3 Å². The molecule has 1 aromatic heterocycles. The van der Waals surface area contributed by atoms with E-state index >= 15 is 0 Å². The third-order valence-electron chi connectivity index (χ3n) is 3.32. The smallest absolute Gasteiger partial charge is 0.228 e. The van der Waals surface area contributed by atoms with Crippen LogP contribution in [0.25, 0.3) is 0 Å². The van der Waals surface area contributed by atoms with E-state index in [-0.39, 0.29) is 5.91 Å². The summed E-state index contributed by atoms with van der Waals surface area (Å²) in [6.45, 7) is 0.344. The van der Waals surface area contributed by atoms with E-state index in [0.29, 0.717) is 24.9 Å². The third-order valence-corrected chi connectivity index (χ3v) is 3.32. The molecule has 0 saturated heterocycles. The first-order valence-electron chi connectivity index (χ1n) is 7.50. The summed E-state index contributed by atoms with van der Waals surface area (Å²) in [6, 6.07) is 13.8. The summed E-state index contributed by atoms with van der Waals surface area (Å²) < 4.78 is 5.49. The number of para-hydroxylation sites is 1. The number of carbonyl (C=O) groups excluding carboxylic acids is 1. The Morgan fingerprint density at radius 2 is 2.00 bits per heavy atom. The maximum Gasteiger partial charge on any atom is 0.228 e. The third kappa shape index (κ3) is 4.48. The second-order valence-electron chi connectivity index (χ2n) is 5.31. The lowest BCUT2D eigenvalue weighted by atomic mass is 10.3. The van der Waals surface area contributed by atoms with Gasteiger partial charge in [0.25, 0.3) is 0 Å². The van der Waals surface area contributed by atoms with Gasteiger partial charge in [-0.15, -0.1) is 0 Å². The minimum absolute atomic E-state index is 0.105. The summed E-state index contributed by atoms with van der Waals surface area (Å²) in [5.74, 6) is 1.22. The largest absolute Gasteiger partial charge is 0.493 e. The molecule has 0 atom stereocenters. The molecule has 5 heteroatoms. The van der Waals surface area contributed by atoms with E-state index in [0.717, 1.165) is 11.4 Å². The Kier molecular flexibility index (Phi) is 4.53. The topological polar surface area (TPSA) is 63.2 Å². The molecule has 1 aliphatic rings. The molecule has 0 unspecified atom stereocenters. The standard InChI is InChI=1S/C17H19N3O2/c21-17(10-11-22-15-4-2-1-3-5-15)20-16-9-8-14(12-18-16)19-13-6-7-13/h1-5,8-9,12-13,19H,6-7,10-11H2,(H,18,20,21). The van der Waals surface area contributed by atoms with Gasteiger partial charge in [-0.25, -0.2) is 4.98 Å². The van der Waals surface area contributed by atoms with E-state index < -0.39 is 0 Å². The van der Waals surface area contributed by atoms with Gasteiger partial charge in [0.2, 0.25) is 5.91 Å². The summed E-state index contributed by atoms with van der Waals surface area (Å²) in [6.07, 6.45) is 4.48. The van der Waals surface area contributed by atoms with Crippen LogP contribution in [0.2, 0.25) is 0 Å². The van der Waals surface area contributed by atoms with Crippen molar-refractivity contribution in [3.63, 3.8) is 0 Å². The van der Waals surface area contributed by atoms with Crippen LogP contribution >= 0.6 is 0 Å². The van der Waals surface area contributed by atoms with Crippen molar-refractivity contribution >= 4 is 17.4 Å². The number of hydrogen-bond donors (Lipinski definition) is 2. The second kappa shape index (κ2) is 6.93. The molecule has 3 rings (SSSR count). The van der Waals surface area contributed by atoms with Crippen molar-refractivity contribution in [1.29, 1.82) is 0 Å². The van der Waals surface area contributed by atoms with Crippen LogP contribution in [0.3, 0.4) is 0 Å². The SMILES string of the molecule is O=C(CCOc1ccccc1)Nc1ccc(NC2CC2)cn1. The van der Waals surface area contributed by atoms with E-state index in [4.69, 9.17) is 4.74 Å². The predicted molar refractivity (Wildman–Crippen MR) is 86.1 cm³/mol. The Balaban J connectivity index is 1.41. The number of benzene rings is 1. The van der Waals surface area contributed by atoms with Crippen LogP contribution in [-0.4, -0.2) is 23.5 Å². The summed E-state index contributed by atoms with van der Waals surface area (Å²) in [4.78, 5) is 16.1. The second-order valence-corrected chi connectivity index (χ2v) is 5.31. The van der Waals surface area contributed by atoms with Crippen molar-refractivity contribution in [2.24, 2.45) is 0 Å². The van der Waals surface area contributed by atoms with Gasteiger partial charge in [-0.05, 0) is 37.1 Å². The summed E-state index contributed by atoms with van der Waals surface area (Å²) in [7, 11) is 0. The molecule has 2 N–H and O–H groups in total. The van der Waals surface area contributed by atoms with Crippen LogP contribution in [0.1, 0.15) is 19.3 Å². The minimum atomic E-state index is -0.105. The van der Waals surface area contributed by atoms with Crippen LogP contribution in [0.5, 0.6) is 5.75 Å². The number of hydrogen-bond acceptors (Lipinski definition) is 4. The van der Waals surface area contributed by atoms with Crippen LogP contribution in [0.4, 0.5) is 11.5 Å². The zero-order valence-electron chi connectivity index (χ0n) is 12.3. The van der Waals surface area contributed by atoms with Crippen molar-refractivity contribution in [3.8, 4) is 5.75 Å². The van der Waals surface area contributed by atoms with E-state index in [2.05, 4.69) is 15.6 Å². The van der Waals surface area contributed by atoms with Gasteiger partial charge in [-0.1, -0.05) is 18.2 Å². The Bertz CT molecular complexity index is 610. The lowest BCUT2D eigenvalue weighted by molar-refractivity contribution is -0.116. The zero-order valence-corrected chi connectivity index (χ0v) is 12.3. The fourth-order valence-electron chi connectivity index (χ4n) is 2.00. The van der Waals surface area contributed by atoms with Crippen LogP contribution < -0.4 is 15.4 Å². The minimum Gasteiger partial charge on any atom is -0.493 e. The van der Waals surface area contributed by atoms with E-state index in [1.807, 2.05) is 36.4 Å². The number of ether oxygens (including phenoxy) is 1. The molecule has 0 aliphatic heterocycles. The van der Waals surface area contributed by atoms with Crippen molar-refractivity contribution in [2.45, 2.75) is 25.3 Å². The van der Waals surface area contributed by atoms with Crippen molar-refractivity contribution in [3.05, 3.63) is 48.7 Å². The van der Waals surface area contributed by atoms with Crippen molar-refractivity contribution in [2.75, 3.05) is 17.2 Å². The van der Waals surface area contributed by atoms with Gasteiger partial charge in [-0.3, -0.25) is 4.79 Å². The predicted octanol–water partition coefficient (Wildman–Crippen LogP) is 3.06. The lowest BCUT2D eigenvalue weighted by Crippen LogP contribution is -2.16. The molecule has 0 spiro atoms. The Morgan fingerprint density at radius 1 is 1.18 bits per heavy atom. The zero-order chi connectivity index (χ0) is 15.2. The average Bonchev–Trinajstić information content (AvgIpc) is 3.34. The van der Waals surface area contributed by atoms with Gasteiger partial charge in [0.1, 0.15) is 11.6 Å². The van der Waals surface area contributed by atoms with Gasteiger partial charge in [0, 0.05) is 6.04 Å². The van der Waals surface area contributed by atoms with Crippen LogP contribution in [0, 0.1) is 0 Å². The summed E-state index contributed by atoms with van der Waals surface area (Å²) in [5, 5.41) is 6.12. The molecule has 1 aromatic carbocycles. The summed E-state index contributed by atoms with van der Waals surface area (Å²) >= 11 is 0. The molecular formula is C17H19N3O2. The Labute approximate surface area is 129 Å². The molecule has 2 aromatic rings. The fraction of sp³-hybridized carbons (Fsp3) is 0.294. The van der Waals surface area contributed by atoms with Crippen molar-refractivity contribution in [1.82, 2.24) is 4.98 Å². The number of rotatable bonds is 7. The van der Waals surface area contributed by atoms with Gasteiger partial charge < -0.3 is 15.4 Å². The highest BCUT2D eigenvalue weighted by Gasteiger charge is 2.20. The molecular weight excluding hydrogens is 278 g/mol. The molecule has 0 radical (unpaired) electrons. The van der Waals surface area contributed by atoms with Gasteiger partial charge >= 0.3 is 0 Å². The first-order valence-corrected chi connectivity index (χ1v) is 7.50. The van der Waals surface area contributed by atoms with Crippen LogP contribution in [0.15, 0.2) is 48.7 Å². The van der Waals surface area contributed by atoms with Gasteiger partial charge in [0.05, 0.1) is 24.9 Å².